The van der Waals surface area contributed by atoms with E-state index in [1.807, 2.05) is 6.07 Å². The van der Waals surface area contributed by atoms with Crippen molar-refractivity contribution in [1.29, 1.82) is 5.26 Å². The first-order valence-corrected chi connectivity index (χ1v) is 12.1. The van der Waals surface area contributed by atoms with E-state index < -0.39 is 11.8 Å². The highest BCUT2D eigenvalue weighted by molar-refractivity contribution is 8.01. The largest absolute Gasteiger partial charge is 0.493 e. The van der Waals surface area contributed by atoms with Gasteiger partial charge < -0.3 is 20.9 Å². The Morgan fingerprint density at radius 3 is 2.74 bits per heavy atom. The number of aromatic nitrogens is 2. The summed E-state index contributed by atoms with van der Waals surface area (Å²) in [6.45, 7) is 0. The molecule has 176 valence electrons. The van der Waals surface area contributed by atoms with E-state index in [9.17, 15) is 14.9 Å². The number of ketones is 1. The average Bonchev–Trinajstić information content (AvgIpc) is 3.30. The molecule has 2 heterocycles. The van der Waals surface area contributed by atoms with Crippen LogP contribution >= 0.6 is 23.1 Å². The molecular weight excluding hydrogens is 476 g/mol. The number of allylic oxidation sites excluding steroid dienone is 3. The van der Waals surface area contributed by atoms with Crippen molar-refractivity contribution in [2.45, 2.75) is 29.5 Å². The van der Waals surface area contributed by atoms with Crippen molar-refractivity contribution >= 4 is 39.9 Å². The van der Waals surface area contributed by atoms with Crippen LogP contribution in [0.5, 0.6) is 11.5 Å². The third-order valence-electron chi connectivity index (χ3n) is 5.58. The highest BCUT2D eigenvalue weighted by Gasteiger charge is 2.41. The second kappa shape index (κ2) is 9.74. The van der Waals surface area contributed by atoms with Crippen LogP contribution in [0.3, 0.4) is 0 Å². The number of nitrogens with zero attached hydrogens (tertiary/aromatic N) is 4. The summed E-state index contributed by atoms with van der Waals surface area (Å²) in [6, 6.07) is 7.53. The summed E-state index contributed by atoms with van der Waals surface area (Å²) in [4.78, 5) is 26.0. The molecule has 0 bridgehead atoms. The second-order valence-corrected chi connectivity index (χ2v) is 9.71. The van der Waals surface area contributed by atoms with Crippen molar-refractivity contribution in [2.24, 2.45) is 11.5 Å². The van der Waals surface area contributed by atoms with Crippen LogP contribution in [-0.4, -0.2) is 41.9 Å². The number of amides is 1. The standard InChI is InChI=1S/C22H22N6O4S2/c1-31-15-7-6-11(8-16(15)32-2)18-12(9-23)20(25)28(13-4-3-5-14(29)19(13)18)21-26-27-22(34-21)33-10-17(24)30/h6-8,18H,3-5,10,25H2,1-2H3,(H2,24,30). The average molecular weight is 499 g/mol. The first-order valence-electron chi connectivity index (χ1n) is 10.3. The maximum absolute atomic E-state index is 13.2. The van der Waals surface area contributed by atoms with Crippen LogP contribution < -0.4 is 25.8 Å². The van der Waals surface area contributed by atoms with E-state index in [1.54, 1.807) is 17.0 Å². The molecule has 0 radical (unpaired) electrons. The zero-order valence-corrected chi connectivity index (χ0v) is 20.2. The fourth-order valence-electron chi connectivity index (χ4n) is 4.15. The zero-order chi connectivity index (χ0) is 24.4. The molecule has 1 unspecified atom stereocenters. The molecule has 34 heavy (non-hydrogen) atoms. The fourth-order valence-corrected chi connectivity index (χ4v) is 5.77. The maximum atomic E-state index is 13.2. The number of rotatable bonds is 7. The Kier molecular flexibility index (Phi) is 6.76. The van der Waals surface area contributed by atoms with Gasteiger partial charge in [0.1, 0.15) is 5.82 Å². The van der Waals surface area contributed by atoms with Crippen LogP contribution in [0, 0.1) is 11.3 Å². The van der Waals surface area contributed by atoms with Gasteiger partial charge in [-0.1, -0.05) is 29.2 Å². The molecule has 1 aromatic carbocycles. The number of thioether (sulfide) groups is 1. The number of benzene rings is 1. The molecule has 1 aliphatic heterocycles. The third-order valence-corrected chi connectivity index (χ3v) is 7.64. The highest BCUT2D eigenvalue weighted by atomic mass is 32.2. The van der Waals surface area contributed by atoms with Crippen molar-refractivity contribution < 1.29 is 19.1 Å². The van der Waals surface area contributed by atoms with E-state index in [4.69, 9.17) is 20.9 Å². The summed E-state index contributed by atoms with van der Waals surface area (Å²) in [7, 11) is 3.07. The van der Waals surface area contributed by atoms with E-state index >= 15 is 0 Å². The number of hydrogen-bond donors (Lipinski definition) is 2. The zero-order valence-electron chi connectivity index (χ0n) is 18.5. The lowest BCUT2D eigenvalue weighted by Gasteiger charge is -2.38. The van der Waals surface area contributed by atoms with Crippen molar-refractivity contribution in [2.75, 3.05) is 24.9 Å². The quantitative estimate of drug-likeness (QED) is 0.543. The van der Waals surface area contributed by atoms with Crippen molar-refractivity contribution in [3.8, 4) is 17.6 Å². The van der Waals surface area contributed by atoms with E-state index in [2.05, 4.69) is 16.3 Å². The molecule has 12 heteroatoms. The van der Waals surface area contributed by atoms with Crippen molar-refractivity contribution in [3.63, 3.8) is 0 Å². The number of anilines is 1. The van der Waals surface area contributed by atoms with E-state index in [0.29, 0.717) is 57.1 Å². The van der Waals surface area contributed by atoms with Gasteiger partial charge in [0.2, 0.25) is 11.0 Å². The van der Waals surface area contributed by atoms with E-state index in [-0.39, 0.29) is 22.9 Å². The fraction of sp³-hybridized carbons (Fsp3) is 0.318. The van der Waals surface area contributed by atoms with Crippen LogP contribution in [0.15, 0.2) is 45.2 Å². The normalized spacial score (nSPS) is 18.0. The SMILES string of the molecule is COc1ccc(C2C(C#N)=C(N)N(c3nnc(SCC(N)=O)s3)C3=C2C(=O)CCC3)cc1OC. The monoisotopic (exact) mass is 498 g/mol. The summed E-state index contributed by atoms with van der Waals surface area (Å²) < 4.78 is 11.3. The topological polar surface area (TPSA) is 157 Å². The third kappa shape index (κ3) is 4.20. The van der Waals surface area contributed by atoms with Crippen LogP contribution in [-0.2, 0) is 9.59 Å². The number of hydrogen-bond acceptors (Lipinski definition) is 11. The molecule has 2 aromatic rings. The molecule has 10 nitrogen and oxygen atoms in total. The lowest BCUT2D eigenvalue weighted by molar-refractivity contribution is -0.116. The molecule has 0 saturated carbocycles. The molecule has 1 aromatic heterocycles. The number of Topliss-reactive ketones (excluding diaryl/α,β-unsaturated/α-hetero) is 1. The lowest BCUT2D eigenvalue weighted by Crippen LogP contribution is -2.38. The van der Waals surface area contributed by atoms with Crippen LogP contribution in [0.25, 0.3) is 0 Å². The molecule has 1 aliphatic carbocycles. The van der Waals surface area contributed by atoms with Gasteiger partial charge in [-0.2, -0.15) is 5.26 Å². The Bertz CT molecular complexity index is 1260. The van der Waals surface area contributed by atoms with Gasteiger partial charge in [0.15, 0.2) is 21.6 Å². The van der Waals surface area contributed by atoms with Crippen LogP contribution in [0.4, 0.5) is 5.13 Å². The number of carbonyl (C=O) groups excluding carboxylic acids is 2. The highest BCUT2D eigenvalue weighted by Crippen LogP contribution is 2.48. The Balaban J connectivity index is 1.85. The van der Waals surface area contributed by atoms with Crippen molar-refractivity contribution in [1.82, 2.24) is 10.2 Å². The van der Waals surface area contributed by atoms with Gasteiger partial charge in [0.25, 0.3) is 0 Å². The molecule has 1 atom stereocenters. The molecular formula is C22H22N6O4S2. The summed E-state index contributed by atoms with van der Waals surface area (Å²) in [6.07, 6.45) is 1.63. The minimum absolute atomic E-state index is 0.0425. The first-order chi connectivity index (χ1) is 16.4. The molecule has 4 rings (SSSR count). The van der Waals surface area contributed by atoms with Gasteiger partial charge in [-0.05, 0) is 30.5 Å². The predicted molar refractivity (Wildman–Crippen MR) is 127 cm³/mol. The Labute approximate surface area is 204 Å². The van der Waals surface area contributed by atoms with E-state index in [0.717, 1.165) is 0 Å². The Morgan fingerprint density at radius 2 is 2.06 bits per heavy atom. The Morgan fingerprint density at radius 1 is 1.29 bits per heavy atom. The van der Waals surface area contributed by atoms with Crippen LogP contribution in [0.2, 0.25) is 0 Å². The predicted octanol–water partition coefficient (Wildman–Crippen LogP) is 2.44. The molecule has 4 N–H and O–H groups in total. The van der Waals surface area contributed by atoms with Gasteiger partial charge in [-0.3, -0.25) is 14.5 Å². The second-order valence-electron chi connectivity index (χ2n) is 7.54. The van der Waals surface area contributed by atoms with E-state index in [1.165, 1.54) is 37.3 Å². The number of primary amides is 1. The molecule has 0 saturated heterocycles. The number of nitrogens with two attached hydrogens (primary N) is 2. The van der Waals surface area contributed by atoms with Gasteiger partial charge in [0, 0.05) is 17.7 Å². The summed E-state index contributed by atoms with van der Waals surface area (Å²) in [5, 5.41) is 18.9. The molecule has 0 fully saturated rings. The number of nitriles is 1. The van der Waals surface area contributed by atoms with Gasteiger partial charge in [-0.25, -0.2) is 0 Å². The maximum Gasteiger partial charge on any atom is 0.227 e. The minimum atomic E-state index is -0.638. The van der Waals surface area contributed by atoms with Gasteiger partial charge in [-0.15, -0.1) is 10.2 Å². The summed E-state index contributed by atoms with van der Waals surface area (Å²) in [5.41, 5.74) is 13.9. The molecule has 0 spiro atoms. The lowest BCUT2D eigenvalue weighted by atomic mass is 9.75. The summed E-state index contributed by atoms with van der Waals surface area (Å²) >= 11 is 2.39. The number of methoxy groups -OCH3 is 2. The number of ether oxygens (including phenoxy) is 2. The van der Waals surface area contributed by atoms with Crippen molar-refractivity contribution in [3.05, 3.63) is 46.4 Å². The molecule has 2 aliphatic rings. The van der Waals surface area contributed by atoms with Gasteiger partial charge >= 0.3 is 0 Å². The van der Waals surface area contributed by atoms with Gasteiger partial charge in [0.05, 0.1) is 37.5 Å². The molecule has 1 amide bonds. The minimum Gasteiger partial charge on any atom is -0.493 e. The smallest absolute Gasteiger partial charge is 0.227 e. The summed E-state index contributed by atoms with van der Waals surface area (Å²) in [5.74, 6) is 0.142. The first kappa shape index (κ1) is 23.6. The number of carbonyl (C=O) groups is 2. The Hall–Kier alpha value is -3.56. The van der Waals surface area contributed by atoms with Crippen LogP contribution in [0.1, 0.15) is 30.7 Å².